The van der Waals surface area contributed by atoms with Gasteiger partial charge < -0.3 is 19.1 Å². The highest BCUT2D eigenvalue weighted by Crippen LogP contribution is 2.34. The molecule has 1 aromatic rings. The zero-order valence-electron chi connectivity index (χ0n) is 13.7. The number of ketones is 1. The lowest BCUT2D eigenvalue weighted by Gasteiger charge is -2.16. The van der Waals surface area contributed by atoms with Crippen LogP contribution in [0, 0.1) is 0 Å². The van der Waals surface area contributed by atoms with E-state index in [1.54, 1.807) is 33.5 Å². The van der Waals surface area contributed by atoms with E-state index in [9.17, 15) is 4.79 Å². The molecule has 1 aromatic carbocycles. The summed E-state index contributed by atoms with van der Waals surface area (Å²) < 4.78 is 16.0. The van der Waals surface area contributed by atoms with Gasteiger partial charge in [0.15, 0.2) is 0 Å². The summed E-state index contributed by atoms with van der Waals surface area (Å²) in [6.45, 7) is 3.07. The molecule has 122 valence electrons. The van der Waals surface area contributed by atoms with Crippen LogP contribution in [0.1, 0.15) is 24.8 Å². The number of rotatable bonds is 8. The smallest absolute Gasteiger partial charge is 0.138 e. The van der Waals surface area contributed by atoms with Gasteiger partial charge in [-0.25, -0.2) is 0 Å². The van der Waals surface area contributed by atoms with Gasteiger partial charge in [0.2, 0.25) is 0 Å². The number of carbonyl (C=O) groups excluding carboxylic acids is 1. The summed E-state index contributed by atoms with van der Waals surface area (Å²) >= 11 is 0. The van der Waals surface area contributed by atoms with Crippen molar-refractivity contribution in [1.82, 2.24) is 4.90 Å². The van der Waals surface area contributed by atoms with E-state index in [0.29, 0.717) is 30.1 Å². The predicted molar refractivity (Wildman–Crippen MR) is 85.1 cm³/mol. The molecule has 0 unspecified atom stereocenters. The van der Waals surface area contributed by atoms with E-state index in [2.05, 4.69) is 4.90 Å². The molecule has 0 N–H and O–H groups in total. The van der Waals surface area contributed by atoms with Gasteiger partial charge in [-0.15, -0.1) is 0 Å². The number of likely N-dealkylation sites (tertiary alicyclic amines) is 1. The average Bonchev–Trinajstić information content (AvgIpc) is 3.06. The molecule has 5 heteroatoms. The number of Topliss-reactive ketones (excluding diaryl/α,β-unsaturated/α-hetero) is 1. The van der Waals surface area contributed by atoms with Gasteiger partial charge in [0.1, 0.15) is 23.0 Å². The van der Waals surface area contributed by atoms with Crippen molar-refractivity contribution >= 4 is 5.78 Å². The van der Waals surface area contributed by atoms with Crippen molar-refractivity contribution < 1.29 is 19.0 Å². The molecule has 2 rings (SSSR count). The van der Waals surface area contributed by atoms with Crippen molar-refractivity contribution in [2.24, 2.45) is 0 Å². The van der Waals surface area contributed by atoms with E-state index < -0.39 is 0 Å². The maximum atomic E-state index is 12.3. The van der Waals surface area contributed by atoms with Crippen molar-refractivity contribution in [2.75, 3.05) is 41.0 Å². The van der Waals surface area contributed by atoms with Gasteiger partial charge in [0.25, 0.3) is 0 Å². The number of ether oxygens (including phenoxy) is 3. The first-order valence-corrected chi connectivity index (χ1v) is 7.71. The Labute approximate surface area is 132 Å². The topological polar surface area (TPSA) is 48.0 Å². The fourth-order valence-electron chi connectivity index (χ4n) is 2.83. The van der Waals surface area contributed by atoms with Gasteiger partial charge in [-0.2, -0.15) is 0 Å². The quantitative estimate of drug-likeness (QED) is 0.737. The van der Waals surface area contributed by atoms with Crippen LogP contribution in [-0.4, -0.2) is 51.6 Å². The van der Waals surface area contributed by atoms with Crippen molar-refractivity contribution in [2.45, 2.75) is 25.7 Å². The summed E-state index contributed by atoms with van der Waals surface area (Å²) in [7, 11) is 4.77. The van der Waals surface area contributed by atoms with Gasteiger partial charge in [0, 0.05) is 37.1 Å². The summed E-state index contributed by atoms with van der Waals surface area (Å²) in [6.07, 6.45) is 3.38. The Morgan fingerprint density at radius 3 is 2.14 bits per heavy atom. The normalized spacial score (nSPS) is 14.9. The third kappa shape index (κ3) is 4.13. The minimum Gasteiger partial charge on any atom is -0.496 e. The average molecular weight is 307 g/mol. The van der Waals surface area contributed by atoms with Gasteiger partial charge in [0.05, 0.1) is 21.3 Å². The minimum atomic E-state index is 0.202. The zero-order valence-corrected chi connectivity index (χ0v) is 13.7. The van der Waals surface area contributed by atoms with Crippen LogP contribution >= 0.6 is 0 Å². The van der Waals surface area contributed by atoms with Gasteiger partial charge in [-0.3, -0.25) is 4.79 Å². The molecule has 1 aliphatic heterocycles. The van der Waals surface area contributed by atoms with Gasteiger partial charge in [-0.05, 0) is 25.9 Å². The first-order chi connectivity index (χ1) is 10.7. The Kier molecular flexibility index (Phi) is 6.07. The molecule has 0 bridgehead atoms. The standard InChI is InChI=1S/C17H25NO4/c1-20-14-11-16(21-2)15(17(12-14)22-3)10-13(19)6-9-18-7-4-5-8-18/h11-12H,4-10H2,1-3H3. The zero-order chi connectivity index (χ0) is 15.9. The summed E-state index contributed by atoms with van der Waals surface area (Å²) in [6, 6.07) is 3.57. The van der Waals surface area contributed by atoms with Crippen molar-refractivity contribution in [3.63, 3.8) is 0 Å². The second-order valence-corrected chi connectivity index (χ2v) is 5.52. The van der Waals surface area contributed by atoms with E-state index in [1.807, 2.05) is 0 Å². The van der Waals surface area contributed by atoms with Crippen LogP contribution in [-0.2, 0) is 11.2 Å². The maximum Gasteiger partial charge on any atom is 0.138 e. The largest absolute Gasteiger partial charge is 0.496 e. The first kappa shape index (κ1) is 16.6. The number of methoxy groups -OCH3 is 3. The predicted octanol–water partition coefficient (Wildman–Crippen LogP) is 2.31. The van der Waals surface area contributed by atoms with Crippen molar-refractivity contribution in [3.8, 4) is 17.2 Å². The molecule has 5 nitrogen and oxygen atoms in total. The SMILES string of the molecule is COc1cc(OC)c(CC(=O)CCN2CCCC2)c(OC)c1. The molecule has 0 atom stereocenters. The van der Waals surface area contributed by atoms with Crippen LogP contribution < -0.4 is 14.2 Å². The maximum absolute atomic E-state index is 12.3. The third-order valence-electron chi connectivity index (χ3n) is 4.10. The summed E-state index contributed by atoms with van der Waals surface area (Å²) in [5, 5.41) is 0. The Hall–Kier alpha value is -1.75. The highest BCUT2D eigenvalue weighted by Gasteiger charge is 2.18. The number of carbonyl (C=O) groups is 1. The van der Waals surface area contributed by atoms with Gasteiger partial charge in [-0.1, -0.05) is 0 Å². The molecule has 1 heterocycles. The third-order valence-corrected chi connectivity index (χ3v) is 4.10. The number of hydrogen-bond acceptors (Lipinski definition) is 5. The molecular formula is C17H25NO4. The lowest BCUT2D eigenvalue weighted by molar-refractivity contribution is -0.118. The van der Waals surface area contributed by atoms with Crippen LogP contribution in [0.4, 0.5) is 0 Å². The Balaban J connectivity index is 2.04. The number of hydrogen-bond donors (Lipinski definition) is 0. The van der Waals surface area contributed by atoms with Crippen LogP contribution in [0.2, 0.25) is 0 Å². The second-order valence-electron chi connectivity index (χ2n) is 5.52. The van der Waals surface area contributed by atoms with Crippen molar-refractivity contribution in [1.29, 1.82) is 0 Å². The second kappa shape index (κ2) is 8.03. The molecule has 0 spiro atoms. The number of benzene rings is 1. The van der Waals surface area contributed by atoms with Crippen LogP contribution in [0.3, 0.4) is 0 Å². The van der Waals surface area contributed by atoms with Crippen LogP contribution in [0.5, 0.6) is 17.2 Å². The lowest BCUT2D eigenvalue weighted by atomic mass is 10.0. The van der Waals surface area contributed by atoms with Crippen LogP contribution in [0.15, 0.2) is 12.1 Å². The fourth-order valence-corrected chi connectivity index (χ4v) is 2.83. The van der Waals surface area contributed by atoms with E-state index in [1.165, 1.54) is 12.8 Å². The molecule has 22 heavy (non-hydrogen) atoms. The Morgan fingerprint density at radius 2 is 1.64 bits per heavy atom. The molecule has 0 saturated carbocycles. The molecule has 0 aliphatic carbocycles. The first-order valence-electron chi connectivity index (χ1n) is 7.71. The van der Waals surface area contributed by atoms with E-state index in [0.717, 1.165) is 25.2 Å². The minimum absolute atomic E-state index is 0.202. The van der Waals surface area contributed by atoms with E-state index >= 15 is 0 Å². The molecule has 1 aliphatic rings. The Morgan fingerprint density at radius 1 is 1.05 bits per heavy atom. The molecule has 1 fully saturated rings. The molecule has 1 saturated heterocycles. The summed E-state index contributed by atoms with van der Waals surface area (Å²) in [5.74, 6) is 2.12. The van der Waals surface area contributed by atoms with E-state index in [-0.39, 0.29) is 5.78 Å². The lowest BCUT2D eigenvalue weighted by Crippen LogP contribution is -2.23. The van der Waals surface area contributed by atoms with Crippen molar-refractivity contribution in [3.05, 3.63) is 17.7 Å². The molecule has 0 radical (unpaired) electrons. The number of nitrogens with zero attached hydrogens (tertiary/aromatic N) is 1. The fraction of sp³-hybridized carbons (Fsp3) is 0.588. The monoisotopic (exact) mass is 307 g/mol. The molecule has 0 aromatic heterocycles. The summed E-state index contributed by atoms with van der Waals surface area (Å²) in [4.78, 5) is 14.6. The van der Waals surface area contributed by atoms with E-state index in [4.69, 9.17) is 14.2 Å². The Bertz CT molecular complexity index is 484. The summed E-state index contributed by atoms with van der Waals surface area (Å²) in [5.41, 5.74) is 0.789. The highest BCUT2D eigenvalue weighted by atomic mass is 16.5. The molecular weight excluding hydrogens is 282 g/mol. The van der Waals surface area contributed by atoms with Crippen LogP contribution in [0.25, 0.3) is 0 Å². The highest BCUT2D eigenvalue weighted by molar-refractivity contribution is 5.82. The van der Waals surface area contributed by atoms with Gasteiger partial charge >= 0.3 is 0 Å². The molecule has 0 amide bonds.